The van der Waals surface area contributed by atoms with Gasteiger partial charge in [0.1, 0.15) is 0 Å². The second kappa shape index (κ2) is 7.94. The van der Waals surface area contributed by atoms with Crippen LogP contribution in [0.1, 0.15) is 48.2 Å². The molecular weight excluding hydrogens is 354 g/mol. The van der Waals surface area contributed by atoms with Crippen molar-refractivity contribution in [2.24, 2.45) is 5.73 Å². The summed E-state index contributed by atoms with van der Waals surface area (Å²) in [5, 5.41) is 0.469. The van der Waals surface area contributed by atoms with Crippen LogP contribution in [0.2, 0.25) is 0 Å². The van der Waals surface area contributed by atoms with Crippen LogP contribution in [0, 0.1) is 0 Å². The normalized spacial score (nSPS) is 11.8. The molecule has 6 heteroatoms. The Hall–Kier alpha value is -0.880. The molecule has 0 aliphatic carbocycles. The average molecular weight is 376 g/mol. The molecule has 1 amide bonds. The zero-order chi connectivity index (χ0) is 16.0. The maximum atomic E-state index is 12.1. The van der Waals surface area contributed by atoms with Crippen molar-refractivity contribution in [2.45, 2.75) is 44.1 Å². The first-order valence-corrected chi connectivity index (χ1v) is 9.80. The van der Waals surface area contributed by atoms with Crippen molar-refractivity contribution in [3.8, 4) is 0 Å². The van der Waals surface area contributed by atoms with E-state index in [4.69, 9.17) is 5.73 Å². The van der Waals surface area contributed by atoms with E-state index in [9.17, 15) is 13.2 Å². The standard InChI is InChI=1S/C15H22BrNO3S/c1-11(2)21(19,20)10-13-9-12(5-3-4-8-16)6-7-14(13)15(17)18/h6-7,9,11H,3-5,8,10H2,1-2H3,(H2,17,18). The number of hydrogen-bond acceptors (Lipinski definition) is 3. The van der Waals surface area contributed by atoms with Crippen molar-refractivity contribution < 1.29 is 13.2 Å². The highest BCUT2D eigenvalue weighted by atomic mass is 79.9. The molecule has 118 valence electrons. The lowest BCUT2D eigenvalue weighted by Crippen LogP contribution is -2.20. The number of carbonyl (C=O) groups is 1. The molecule has 1 rings (SSSR count). The number of carbonyl (C=O) groups excluding carboxylic acids is 1. The number of rotatable bonds is 8. The molecule has 0 unspecified atom stereocenters. The maximum absolute atomic E-state index is 12.1. The molecule has 1 aromatic rings. The summed E-state index contributed by atoms with van der Waals surface area (Å²) in [6.07, 6.45) is 2.92. The van der Waals surface area contributed by atoms with Gasteiger partial charge in [-0.1, -0.05) is 28.1 Å². The van der Waals surface area contributed by atoms with E-state index in [2.05, 4.69) is 15.9 Å². The molecule has 0 aliphatic heterocycles. The van der Waals surface area contributed by atoms with E-state index in [0.29, 0.717) is 11.1 Å². The van der Waals surface area contributed by atoms with Crippen LogP contribution < -0.4 is 5.73 Å². The lowest BCUT2D eigenvalue weighted by molar-refractivity contribution is 0.0999. The van der Waals surface area contributed by atoms with Gasteiger partial charge >= 0.3 is 0 Å². The van der Waals surface area contributed by atoms with Crippen LogP contribution in [0.4, 0.5) is 0 Å². The van der Waals surface area contributed by atoms with E-state index in [0.717, 1.165) is 30.2 Å². The number of unbranched alkanes of at least 4 members (excludes halogenated alkanes) is 1. The third-order valence-corrected chi connectivity index (χ3v) is 6.07. The predicted molar refractivity (Wildman–Crippen MR) is 89.5 cm³/mol. The second-order valence-corrected chi connectivity index (χ2v) is 8.71. The topological polar surface area (TPSA) is 77.2 Å². The van der Waals surface area contributed by atoms with E-state index in [1.807, 2.05) is 6.07 Å². The highest BCUT2D eigenvalue weighted by Crippen LogP contribution is 2.19. The third-order valence-electron chi connectivity index (χ3n) is 3.36. The first-order chi connectivity index (χ1) is 9.77. The Morgan fingerprint density at radius 3 is 2.48 bits per heavy atom. The maximum Gasteiger partial charge on any atom is 0.249 e. The number of benzene rings is 1. The molecular formula is C15H22BrNO3S. The number of alkyl halides is 1. The molecule has 0 heterocycles. The lowest BCUT2D eigenvalue weighted by Gasteiger charge is -2.12. The summed E-state index contributed by atoms with van der Waals surface area (Å²) in [6.45, 7) is 3.28. The molecule has 2 N–H and O–H groups in total. The predicted octanol–water partition coefficient (Wildman–Crippen LogP) is 2.83. The largest absolute Gasteiger partial charge is 0.366 e. The minimum absolute atomic E-state index is 0.144. The Bertz CT molecular complexity index is 597. The second-order valence-electron chi connectivity index (χ2n) is 5.36. The fourth-order valence-electron chi connectivity index (χ4n) is 1.97. The van der Waals surface area contributed by atoms with E-state index < -0.39 is 21.0 Å². The van der Waals surface area contributed by atoms with Crippen LogP contribution >= 0.6 is 15.9 Å². The Kier molecular flexibility index (Phi) is 6.87. The van der Waals surface area contributed by atoms with Crippen LogP contribution in [-0.2, 0) is 22.0 Å². The van der Waals surface area contributed by atoms with Gasteiger partial charge in [0.05, 0.1) is 11.0 Å². The molecule has 0 saturated heterocycles. The Labute approximate surface area is 135 Å². The van der Waals surface area contributed by atoms with Gasteiger partial charge in [-0.15, -0.1) is 0 Å². The van der Waals surface area contributed by atoms with Gasteiger partial charge in [0.15, 0.2) is 9.84 Å². The highest BCUT2D eigenvalue weighted by Gasteiger charge is 2.20. The molecule has 0 aromatic heterocycles. The van der Waals surface area contributed by atoms with E-state index >= 15 is 0 Å². The highest BCUT2D eigenvalue weighted by molar-refractivity contribution is 9.09. The van der Waals surface area contributed by atoms with Gasteiger partial charge in [-0.2, -0.15) is 0 Å². The summed E-state index contributed by atoms with van der Waals surface area (Å²) in [5.41, 5.74) is 7.18. The molecule has 0 aliphatic rings. The Morgan fingerprint density at radius 1 is 1.29 bits per heavy atom. The number of halogens is 1. The number of hydrogen-bond donors (Lipinski definition) is 1. The van der Waals surface area contributed by atoms with Crippen LogP contribution in [0.3, 0.4) is 0 Å². The van der Waals surface area contributed by atoms with Gasteiger partial charge in [-0.25, -0.2) is 8.42 Å². The molecule has 0 saturated carbocycles. The number of primary amides is 1. The summed E-state index contributed by atoms with van der Waals surface area (Å²) in [6, 6.07) is 5.28. The van der Waals surface area contributed by atoms with Crippen LogP contribution in [-0.4, -0.2) is 24.9 Å². The molecule has 0 fully saturated rings. The van der Waals surface area contributed by atoms with E-state index in [1.54, 1.807) is 26.0 Å². The number of sulfone groups is 1. The van der Waals surface area contributed by atoms with Crippen LogP contribution in [0.5, 0.6) is 0 Å². The summed E-state index contributed by atoms with van der Waals surface area (Å²) in [4.78, 5) is 11.5. The van der Waals surface area contributed by atoms with Gasteiger partial charge in [0.25, 0.3) is 0 Å². The van der Waals surface area contributed by atoms with Crippen molar-refractivity contribution in [1.29, 1.82) is 0 Å². The first-order valence-electron chi connectivity index (χ1n) is 6.97. The molecule has 0 radical (unpaired) electrons. The summed E-state index contributed by atoms with van der Waals surface area (Å²) in [5.74, 6) is -0.731. The molecule has 1 aromatic carbocycles. The smallest absolute Gasteiger partial charge is 0.249 e. The summed E-state index contributed by atoms with van der Waals surface area (Å²) >= 11 is 3.38. The van der Waals surface area contributed by atoms with Gasteiger partial charge in [-0.3, -0.25) is 4.79 Å². The molecule has 0 bridgehead atoms. The molecule has 21 heavy (non-hydrogen) atoms. The van der Waals surface area contributed by atoms with Crippen molar-refractivity contribution in [3.05, 3.63) is 34.9 Å². The van der Waals surface area contributed by atoms with E-state index in [-0.39, 0.29) is 5.75 Å². The third kappa shape index (κ3) is 5.43. The number of nitrogens with two attached hydrogens (primary N) is 1. The minimum atomic E-state index is -3.26. The molecule has 0 spiro atoms. The van der Waals surface area contributed by atoms with Gasteiger partial charge in [0, 0.05) is 10.9 Å². The van der Waals surface area contributed by atoms with Crippen LogP contribution in [0.15, 0.2) is 18.2 Å². The number of aryl methyl sites for hydroxylation is 1. The SMILES string of the molecule is CC(C)S(=O)(=O)Cc1cc(CCCCBr)ccc1C(N)=O. The van der Waals surface area contributed by atoms with E-state index in [1.165, 1.54) is 0 Å². The van der Waals surface area contributed by atoms with Crippen molar-refractivity contribution in [3.63, 3.8) is 0 Å². The molecule has 4 nitrogen and oxygen atoms in total. The fraction of sp³-hybridized carbons (Fsp3) is 0.533. The Balaban J connectivity index is 3.07. The molecule has 0 atom stereocenters. The summed E-state index contributed by atoms with van der Waals surface area (Å²) in [7, 11) is -3.26. The lowest BCUT2D eigenvalue weighted by atomic mass is 10.0. The number of amides is 1. The minimum Gasteiger partial charge on any atom is -0.366 e. The van der Waals surface area contributed by atoms with Gasteiger partial charge in [0.2, 0.25) is 5.91 Å². The summed E-state index contributed by atoms with van der Waals surface area (Å²) < 4.78 is 24.2. The van der Waals surface area contributed by atoms with Crippen molar-refractivity contribution in [1.82, 2.24) is 0 Å². The first kappa shape index (κ1) is 18.2. The zero-order valence-corrected chi connectivity index (χ0v) is 14.8. The van der Waals surface area contributed by atoms with Gasteiger partial charge < -0.3 is 5.73 Å². The monoisotopic (exact) mass is 375 g/mol. The fourth-order valence-corrected chi connectivity index (χ4v) is 3.37. The van der Waals surface area contributed by atoms with Crippen LogP contribution in [0.25, 0.3) is 0 Å². The van der Waals surface area contributed by atoms with Gasteiger partial charge in [-0.05, 0) is 50.3 Å². The zero-order valence-electron chi connectivity index (χ0n) is 12.4. The van der Waals surface area contributed by atoms with Crippen molar-refractivity contribution in [2.75, 3.05) is 5.33 Å². The van der Waals surface area contributed by atoms with Crippen molar-refractivity contribution >= 4 is 31.7 Å². The average Bonchev–Trinajstić information content (AvgIpc) is 2.38. The quantitative estimate of drug-likeness (QED) is 0.560. The Morgan fingerprint density at radius 2 is 1.95 bits per heavy atom.